The number of aromatic carboxylic acids is 1. The fourth-order valence-corrected chi connectivity index (χ4v) is 2.36. The molecule has 20 heavy (non-hydrogen) atoms. The van der Waals surface area contributed by atoms with Gasteiger partial charge in [-0.15, -0.1) is 0 Å². The Morgan fingerprint density at radius 2 is 2.00 bits per heavy atom. The number of carboxylic acid groups (broad SMARTS) is 1. The van der Waals surface area contributed by atoms with Gasteiger partial charge in [0.1, 0.15) is 11.5 Å². The van der Waals surface area contributed by atoms with Crippen LogP contribution in [-0.4, -0.2) is 22.0 Å². The highest BCUT2D eigenvalue weighted by atomic mass is 32.2. The molecular weight excluding hydrogens is 283 g/mol. The highest BCUT2D eigenvalue weighted by Crippen LogP contribution is 2.30. The quantitative estimate of drug-likeness (QED) is 0.900. The third-order valence-electron chi connectivity index (χ3n) is 2.39. The summed E-state index contributed by atoms with van der Waals surface area (Å²) in [6, 6.07) is 6.49. The molecule has 3 N–H and O–H groups in total. The Labute approximate surface area is 117 Å². The van der Waals surface area contributed by atoms with E-state index in [-0.39, 0.29) is 16.2 Å². The molecule has 1 aromatic heterocycles. The Kier molecular flexibility index (Phi) is 3.99. The molecule has 0 aliphatic rings. The first kappa shape index (κ1) is 14.0. The van der Waals surface area contributed by atoms with Crippen LogP contribution in [0, 0.1) is 5.82 Å². The topological polar surface area (TPSA) is 93.3 Å². The van der Waals surface area contributed by atoms with E-state index in [9.17, 15) is 14.0 Å². The second-order valence-corrected chi connectivity index (χ2v) is 4.91. The lowest BCUT2D eigenvalue weighted by molar-refractivity contribution is 0.0696. The number of hydrogen-bond acceptors (Lipinski definition) is 4. The summed E-state index contributed by atoms with van der Waals surface area (Å²) < 4.78 is 13.7. The molecule has 0 atom stereocenters. The Balaban J connectivity index is 2.34. The second-order valence-electron chi connectivity index (χ2n) is 3.79. The molecule has 0 fully saturated rings. The number of carboxylic acids is 1. The largest absolute Gasteiger partial charge is 0.478 e. The van der Waals surface area contributed by atoms with E-state index in [0.717, 1.165) is 17.8 Å². The minimum atomic E-state index is -1.14. The third kappa shape index (κ3) is 3.12. The van der Waals surface area contributed by atoms with Crippen LogP contribution in [0.4, 0.5) is 4.39 Å². The summed E-state index contributed by atoms with van der Waals surface area (Å²) >= 11 is 0.991. The standard InChI is InChI=1S/C13H9FN2O3S/c14-9-2-1-7(13(18)19)5-11(9)20-8-3-4-16-10(6-8)12(15)17/h1-6H,(H2,15,17)(H,18,19). The maximum atomic E-state index is 13.7. The monoisotopic (exact) mass is 292 g/mol. The molecule has 1 heterocycles. The zero-order valence-electron chi connectivity index (χ0n) is 10.0. The molecule has 0 saturated carbocycles. The first-order valence-electron chi connectivity index (χ1n) is 5.44. The van der Waals surface area contributed by atoms with Gasteiger partial charge in [-0.25, -0.2) is 9.18 Å². The molecule has 5 nitrogen and oxygen atoms in total. The van der Waals surface area contributed by atoms with Crippen molar-refractivity contribution in [3.05, 3.63) is 53.6 Å². The van der Waals surface area contributed by atoms with E-state index >= 15 is 0 Å². The molecule has 0 unspecified atom stereocenters. The maximum absolute atomic E-state index is 13.7. The molecule has 7 heteroatoms. The number of amides is 1. The van der Waals surface area contributed by atoms with Crippen molar-refractivity contribution in [3.8, 4) is 0 Å². The van der Waals surface area contributed by atoms with Crippen LogP contribution < -0.4 is 5.73 Å². The number of carbonyl (C=O) groups excluding carboxylic acids is 1. The van der Waals surface area contributed by atoms with Gasteiger partial charge in [-0.2, -0.15) is 0 Å². The molecule has 0 radical (unpaired) electrons. The van der Waals surface area contributed by atoms with Crippen molar-refractivity contribution in [1.29, 1.82) is 0 Å². The summed E-state index contributed by atoms with van der Waals surface area (Å²) in [5, 5.41) is 8.88. The number of hydrogen-bond donors (Lipinski definition) is 2. The summed E-state index contributed by atoms with van der Waals surface area (Å²) in [6.07, 6.45) is 1.38. The van der Waals surface area contributed by atoms with Gasteiger partial charge in [-0.3, -0.25) is 9.78 Å². The number of nitrogens with zero attached hydrogens (tertiary/aromatic N) is 1. The molecule has 2 rings (SSSR count). The van der Waals surface area contributed by atoms with Crippen molar-refractivity contribution in [2.75, 3.05) is 0 Å². The van der Waals surface area contributed by atoms with E-state index in [1.807, 2.05) is 0 Å². The van der Waals surface area contributed by atoms with E-state index in [1.54, 1.807) is 6.07 Å². The lowest BCUT2D eigenvalue weighted by Crippen LogP contribution is -2.12. The molecule has 0 saturated heterocycles. The highest BCUT2D eigenvalue weighted by molar-refractivity contribution is 7.99. The minimum Gasteiger partial charge on any atom is -0.478 e. The van der Waals surface area contributed by atoms with Gasteiger partial charge >= 0.3 is 5.97 Å². The number of carbonyl (C=O) groups is 2. The van der Waals surface area contributed by atoms with E-state index in [1.165, 1.54) is 24.4 Å². The van der Waals surface area contributed by atoms with Gasteiger partial charge in [0.15, 0.2) is 0 Å². The molecule has 2 aromatic rings. The number of benzene rings is 1. The van der Waals surface area contributed by atoms with Crippen LogP contribution in [0.1, 0.15) is 20.8 Å². The lowest BCUT2D eigenvalue weighted by atomic mass is 10.2. The van der Waals surface area contributed by atoms with E-state index < -0.39 is 17.7 Å². The smallest absolute Gasteiger partial charge is 0.335 e. The molecule has 102 valence electrons. The zero-order valence-corrected chi connectivity index (χ0v) is 10.9. The molecule has 0 aliphatic heterocycles. The second kappa shape index (κ2) is 5.70. The van der Waals surface area contributed by atoms with E-state index in [0.29, 0.717) is 4.90 Å². The molecule has 0 spiro atoms. The van der Waals surface area contributed by atoms with Crippen molar-refractivity contribution >= 4 is 23.6 Å². The van der Waals surface area contributed by atoms with E-state index in [2.05, 4.69) is 4.98 Å². The summed E-state index contributed by atoms with van der Waals surface area (Å²) in [5.41, 5.74) is 5.15. The average molecular weight is 292 g/mol. The normalized spacial score (nSPS) is 10.2. The summed E-state index contributed by atoms with van der Waals surface area (Å²) in [4.78, 5) is 26.3. The van der Waals surface area contributed by atoms with Gasteiger partial charge in [-0.1, -0.05) is 11.8 Å². The molecule has 0 bridgehead atoms. The zero-order chi connectivity index (χ0) is 14.7. The van der Waals surface area contributed by atoms with Gasteiger partial charge in [0.05, 0.1) is 5.56 Å². The first-order valence-corrected chi connectivity index (χ1v) is 6.25. The third-order valence-corrected chi connectivity index (χ3v) is 3.41. The van der Waals surface area contributed by atoms with Crippen molar-refractivity contribution in [2.24, 2.45) is 5.73 Å². The Morgan fingerprint density at radius 3 is 2.65 bits per heavy atom. The fourth-order valence-electron chi connectivity index (χ4n) is 1.45. The number of nitrogens with two attached hydrogens (primary N) is 1. The average Bonchev–Trinajstić information content (AvgIpc) is 2.41. The van der Waals surface area contributed by atoms with Crippen molar-refractivity contribution in [1.82, 2.24) is 4.98 Å². The van der Waals surface area contributed by atoms with E-state index in [4.69, 9.17) is 10.8 Å². The number of halogens is 1. The van der Waals surface area contributed by atoms with Crippen LogP contribution >= 0.6 is 11.8 Å². The Bertz CT molecular complexity index is 691. The van der Waals surface area contributed by atoms with Crippen LogP contribution in [-0.2, 0) is 0 Å². The molecule has 0 aliphatic carbocycles. The van der Waals surface area contributed by atoms with Gasteiger partial charge in [0.2, 0.25) is 0 Å². The fraction of sp³-hybridized carbons (Fsp3) is 0. The van der Waals surface area contributed by atoms with Crippen LogP contribution in [0.15, 0.2) is 46.3 Å². The van der Waals surface area contributed by atoms with Crippen LogP contribution in [0.2, 0.25) is 0 Å². The number of primary amides is 1. The number of rotatable bonds is 4. The SMILES string of the molecule is NC(=O)c1cc(Sc2cc(C(=O)O)ccc2F)ccn1. The summed E-state index contributed by atoms with van der Waals surface area (Å²) in [6.45, 7) is 0. The van der Waals surface area contributed by atoms with Crippen molar-refractivity contribution in [3.63, 3.8) is 0 Å². The Hall–Kier alpha value is -2.41. The molecule has 1 amide bonds. The first-order chi connectivity index (χ1) is 9.47. The number of aromatic nitrogens is 1. The Morgan fingerprint density at radius 1 is 1.25 bits per heavy atom. The van der Waals surface area contributed by atoms with Crippen molar-refractivity contribution in [2.45, 2.75) is 9.79 Å². The van der Waals surface area contributed by atoms with Gasteiger partial charge < -0.3 is 10.8 Å². The highest BCUT2D eigenvalue weighted by Gasteiger charge is 2.11. The lowest BCUT2D eigenvalue weighted by Gasteiger charge is -2.05. The summed E-state index contributed by atoms with van der Waals surface area (Å²) in [5.74, 6) is -2.37. The minimum absolute atomic E-state index is 0.0157. The number of pyridine rings is 1. The van der Waals surface area contributed by atoms with Crippen molar-refractivity contribution < 1.29 is 19.1 Å². The molecular formula is C13H9FN2O3S. The summed E-state index contributed by atoms with van der Waals surface area (Å²) in [7, 11) is 0. The predicted molar refractivity (Wildman–Crippen MR) is 70.2 cm³/mol. The van der Waals surface area contributed by atoms with Gasteiger partial charge in [0.25, 0.3) is 5.91 Å². The van der Waals surface area contributed by atoms with Crippen LogP contribution in [0.5, 0.6) is 0 Å². The van der Waals surface area contributed by atoms with Gasteiger partial charge in [0, 0.05) is 16.0 Å². The van der Waals surface area contributed by atoms with Crippen LogP contribution in [0.25, 0.3) is 0 Å². The maximum Gasteiger partial charge on any atom is 0.335 e. The van der Waals surface area contributed by atoms with Gasteiger partial charge in [-0.05, 0) is 30.3 Å². The molecule has 1 aromatic carbocycles. The van der Waals surface area contributed by atoms with Crippen LogP contribution in [0.3, 0.4) is 0 Å². The predicted octanol–water partition coefficient (Wildman–Crippen LogP) is 2.17.